The van der Waals surface area contributed by atoms with Crippen LogP contribution in [0.1, 0.15) is 11.1 Å². The van der Waals surface area contributed by atoms with E-state index in [0.29, 0.717) is 5.56 Å². The van der Waals surface area contributed by atoms with Crippen molar-refractivity contribution in [3.63, 3.8) is 0 Å². The molecule has 0 radical (unpaired) electrons. The van der Waals surface area contributed by atoms with E-state index in [1.54, 1.807) is 12.4 Å². The van der Waals surface area contributed by atoms with Crippen molar-refractivity contribution in [3.8, 4) is 6.07 Å². The summed E-state index contributed by atoms with van der Waals surface area (Å²) in [5, 5.41) is 10.9. The number of aromatic nitrogens is 1. The predicted molar refractivity (Wildman–Crippen MR) is 58.9 cm³/mol. The van der Waals surface area contributed by atoms with Gasteiger partial charge in [-0.25, -0.2) is 0 Å². The number of hydrogen-bond acceptors (Lipinski definition) is 2. The highest BCUT2D eigenvalue weighted by atomic mass is 79.9. The summed E-state index contributed by atoms with van der Waals surface area (Å²) in [5.41, 5.74) is 1.74. The molecule has 14 heavy (non-hydrogen) atoms. The van der Waals surface area contributed by atoms with E-state index in [0.717, 1.165) is 20.8 Å². The molecule has 0 amide bonds. The SMILES string of the molecule is Cc1cc(Br)cc2c(C#N)cncc12. The number of halogens is 1. The Morgan fingerprint density at radius 2 is 2.07 bits per heavy atom. The third-order valence-corrected chi connectivity index (χ3v) is 2.63. The lowest BCUT2D eigenvalue weighted by molar-refractivity contribution is 1.32. The zero-order valence-electron chi connectivity index (χ0n) is 7.58. The molecule has 0 N–H and O–H groups in total. The highest BCUT2D eigenvalue weighted by Crippen LogP contribution is 2.25. The molecule has 2 nitrogen and oxygen atoms in total. The Bertz CT molecular complexity index is 541. The summed E-state index contributed by atoms with van der Waals surface area (Å²) in [4.78, 5) is 4.04. The quantitative estimate of drug-likeness (QED) is 0.716. The van der Waals surface area contributed by atoms with Crippen molar-refractivity contribution in [3.05, 3.63) is 40.1 Å². The van der Waals surface area contributed by atoms with E-state index in [4.69, 9.17) is 5.26 Å². The molecular weight excluding hydrogens is 240 g/mol. The third-order valence-electron chi connectivity index (χ3n) is 2.17. The number of aryl methyl sites for hydroxylation is 1. The van der Waals surface area contributed by atoms with E-state index >= 15 is 0 Å². The maximum atomic E-state index is 8.91. The van der Waals surface area contributed by atoms with Crippen LogP contribution in [0.3, 0.4) is 0 Å². The fourth-order valence-electron chi connectivity index (χ4n) is 1.49. The average molecular weight is 247 g/mol. The van der Waals surface area contributed by atoms with Crippen molar-refractivity contribution in [2.24, 2.45) is 0 Å². The van der Waals surface area contributed by atoms with E-state index in [-0.39, 0.29) is 0 Å². The molecule has 68 valence electrons. The van der Waals surface area contributed by atoms with Gasteiger partial charge in [0.15, 0.2) is 0 Å². The minimum atomic E-state index is 0.618. The van der Waals surface area contributed by atoms with Crippen LogP contribution in [-0.2, 0) is 0 Å². The first-order chi connectivity index (χ1) is 6.72. The summed E-state index contributed by atoms with van der Waals surface area (Å²) in [6.45, 7) is 2.01. The van der Waals surface area contributed by atoms with E-state index in [1.807, 2.05) is 19.1 Å². The lowest BCUT2D eigenvalue weighted by Crippen LogP contribution is -1.85. The molecule has 0 aliphatic carbocycles. The van der Waals surface area contributed by atoms with Gasteiger partial charge in [0.25, 0.3) is 0 Å². The van der Waals surface area contributed by atoms with Crippen molar-refractivity contribution in [1.29, 1.82) is 5.26 Å². The Hall–Kier alpha value is -1.40. The van der Waals surface area contributed by atoms with Crippen LogP contribution in [0.15, 0.2) is 29.0 Å². The van der Waals surface area contributed by atoms with Gasteiger partial charge in [0.2, 0.25) is 0 Å². The van der Waals surface area contributed by atoms with Gasteiger partial charge in [0, 0.05) is 27.6 Å². The van der Waals surface area contributed by atoms with Crippen molar-refractivity contribution < 1.29 is 0 Å². The first kappa shape index (κ1) is 9.17. The summed E-state index contributed by atoms with van der Waals surface area (Å²) in [6, 6.07) is 6.11. The van der Waals surface area contributed by atoms with Crippen molar-refractivity contribution in [1.82, 2.24) is 4.98 Å². The molecule has 1 aromatic heterocycles. The van der Waals surface area contributed by atoms with Crippen LogP contribution < -0.4 is 0 Å². The Labute approximate surface area is 90.3 Å². The van der Waals surface area contributed by atoms with Gasteiger partial charge in [0.05, 0.1) is 5.56 Å². The van der Waals surface area contributed by atoms with E-state index in [9.17, 15) is 0 Å². The van der Waals surface area contributed by atoms with Gasteiger partial charge in [-0.1, -0.05) is 15.9 Å². The molecule has 0 atom stereocenters. The van der Waals surface area contributed by atoms with E-state index < -0.39 is 0 Å². The predicted octanol–water partition coefficient (Wildman–Crippen LogP) is 3.18. The van der Waals surface area contributed by atoms with Gasteiger partial charge in [-0.15, -0.1) is 0 Å². The first-order valence-corrected chi connectivity index (χ1v) is 4.95. The monoisotopic (exact) mass is 246 g/mol. The Morgan fingerprint density at radius 1 is 1.29 bits per heavy atom. The molecule has 1 heterocycles. The zero-order chi connectivity index (χ0) is 10.1. The van der Waals surface area contributed by atoms with Crippen LogP contribution in [0.2, 0.25) is 0 Å². The van der Waals surface area contributed by atoms with Gasteiger partial charge in [-0.2, -0.15) is 5.26 Å². The number of rotatable bonds is 0. The van der Waals surface area contributed by atoms with Crippen LogP contribution in [0.4, 0.5) is 0 Å². The smallest absolute Gasteiger partial charge is 0.101 e. The fraction of sp³-hybridized carbons (Fsp3) is 0.0909. The van der Waals surface area contributed by atoms with Gasteiger partial charge in [-0.05, 0) is 24.6 Å². The molecule has 2 aromatic rings. The van der Waals surface area contributed by atoms with Crippen LogP contribution >= 0.6 is 15.9 Å². The van der Waals surface area contributed by atoms with Gasteiger partial charge >= 0.3 is 0 Å². The summed E-state index contributed by atoms with van der Waals surface area (Å²) in [7, 11) is 0. The first-order valence-electron chi connectivity index (χ1n) is 4.16. The standard InChI is InChI=1S/C11H7BrN2/c1-7-2-9(12)3-10-8(4-13)5-14-6-11(7)10/h2-3,5-6H,1H3. The molecule has 0 aliphatic heterocycles. The molecule has 0 saturated heterocycles. The van der Waals surface area contributed by atoms with Crippen LogP contribution in [0.25, 0.3) is 10.8 Å². The second-order valence-corrected chi connectivity index (χ2v) is 4.03. The molecule has 0 fully saturated rings. The Balaban J connectivity index is 2.95. The minimum absolute atomic E-state index is 0.618. The number of benzene rings is 1. The third kappa shape index (κ3) is 1.38. The molecule has 0 aliphatic rings. The highest BCUT2D eigenvalue weighted by molar-refractivity contribution is 9.10. The molecule has 1 aromatic carbocycles. The number of hydrogen-bond donors (Lipinski definition) is 0. The van der Waals surface area contributed by atoms with Crippen molar-refractivity contribution >= 4 is 26.7 Å². The molecule has 3 heteroatoms. The maximum Gasteiger partial charge on any atom is 0.101 e. The summed E-state index contributed by atoms with van der Waals surface area (Å²) < 4.78 is 0.991. The summed E-state index contributed by atoms with van der Waals surface area (Å²) >= 11 is 3.42. The fourth-order valence-corrected chi connectivity index (χ4v) is 2.07. The Morgan fingerprint density at radius 3 is 2.79 bits per heavy atom. The van der Waals surface area contributed by atoms with Gasteiger partial charge < -0.3 is 0 Å². The molecule has 0 unspecified atom stereocenters. The average Bonchev–Trinajstić information content (AvgIpc) is 2.17. The summed E-state index contributed by atoms with van der Waals surface area (Å²) in [6.07, 6.45) is 3.38. The Kier molecular flexibility index (Phi) is 2.22. The number of nitriles is 1. The van der Waals surface area contributed by atoms with Gasteiger partial charge in [0.1, 0.15) is 6.07 Å². The zero-order valence-corrected chi connectivity index (χ0v) is 9.17. The highest BCUT2D eigenvalue weighted by Gasteiger charge is 2.04. The summed E-state index contributed by atoms with van der Waals surface area (Å²) in [5.74, 6) is 0. The van der Waals surface area contributed by atoms with E-state index in [2.05, 4.69) is 27.0 Å². The lowest BCUT2D eigenvalue weighted by atomic mass is 10.0. The van der Waals surface area contributed by atoms with Crippen LogP contribution in [-0.4, -0.2) is 4.98 Å². The second-order valence-electron chi connectivity index (χ2n) is 3.12. The molecular formula is C11H7BrN2. The topological polar surface area (TPSA) is 36.7 Å². The van der Waals surface area contributed by atoms with Crippen molar-refractivity contribution in [2.75, 3.05) is 0 Å². The molecule has 0 spiro atoms. The largest absolute Gasteiger partial charge is 0.263 e. The number of fused-ring (bicyclic) bond motifs is 1. The van der Waals surface area contributed by atoms with E-state index in [1.165, 1.54) is 0 Å². The van der Waals surface area contributed by atoms with Crippen LogP contribution in [0.5, 0.6) is 0 Å². The minimum Gasteiger partial charge on any atom is -0.263 e. The maximum absolute atomic E-state index is 8.91. The van der Waals surface area contributed by atoms with Crippen LogP contribution in [0, 0.1) is 18.3 Å². The molecule has 2 rings (SSSR count). The number of pyridine rings is 1. The number of nitrogens with zero attached hydrogens (tertiary/aromatic N) is 2. The normalized spacial score (nSPS) is 10.1. The second kappa shape index (κ2) is 3.39. The lowest BCUT2D eigenvalue weighted by Gasteiger charge is -2.03. The molecule has 0 saturated carbocycles. The van der Waals surface area contributed by atoms with Gasteiger partial charge in [-0.3, -0.25) is 4.98 Å². The molecule has 0 bridgehead atoms. The van der Waals surface area contributed by atoms with Crippen molar-refractivity contribution in [2.45, 2.75) is 6.92 Å².